The number of nitrogens with one attached hydrogen (secondary N) is 1. The molecular formula is C14H19N3. The quantitative estimate of drug-likeness (QED) is 0.871. The van der Waals surface area contributed by atoms with E-state index in [4.69, 9.17) is 0 Å². The molecule has 0 saturated heterocycles. The number of hydrogen-bond donors (Lipinski definition) is 1. The number of rotatable bonds is 4. The lowest BCUT2D eigenvalue weighted by molar-refractivity contribution is 0.658. The molecule has 2 rings (SSSR count). The van der Waals surface area contributed by atoms with Gasteiger partial charge in [-0.15, -0.1) is 0 Å². The van der Waals surface area contributed by atoms with Crippen LogP contribution in [0.15, 0.2) is 30.3 Å². The van der Waals surface area contributed by atoms with Gasteiger partial charge in [-0.1, -0.05) is 24.3 Å². The van der Waals surface area contributed by atoms with Gasteiger partial charge in [-0.3, -0.25) is 4.68 Å². The first-order valence-electron chi connectivity index (χ1n) is 5.92. The molecule has 0 atom stereocenters. The first kappa shape index (κ1) is 11.9. The number of aryl methyl sites for hydroxylation is 2. The van der Waals surface area contributed by atoms with E-state index in [1.165, 1.54) is 16.8 Å². The Hall–Kier alpha value is -1.61. The average molecular weight is 229 g/mol. The summed E-state index contributed by atoms with van der Waals surface area (Å²) >= 11 is 0. The molecule has 0 aliphatic heterocycles. The van der Waals surface area contributed by atoms with Crippen LogP contribution in [0.3, 0.4) is 0 Å². The van der Waals surface area contributed by atoms with Gasteiger partial charge in [-0.05, 0) is 38.1 Å². The van der Waals surface area contributed by atoms with Crippen LogP contribution in [0.2, 0.25) is 0 Å². The van der Waals surface area contributed by atoms with Crippen LogP contribution >= 0.6 is 0 Å². The minimum atomic E-state index is 0.844. The van der Waals surface area contributed by atoms with Crippen molar-refractivity contribution < 1.29 is 0 Å². The molecule has 2 aromatic rings. The van der Waals surface area contributed by atoms with E-state index in [1.807, 2.05) is 18.7 Å². The summed E-state index contributed by atoms with van der Waals surface area (Å²) in [5, 5.41) is 7.65. The van der Waals surface area contributed by atoms with Gasteiger partial charge in [-0.2, -0.15) is 5.10 Å². The zero-order chi connectivity index (χ0) is 12.3. The van der Waals surface area contributed by atoms with Gasteiger partial charge in [0.15, 0.2) is 0 Å². The molecule has 1 aromatic carbocycles. The third-order valence-corrected chi connectivity index (χ3v) is 2.81. The SMILES string of the molecule is CNCc1cccc(Cn2nc(C)cc2C)c1. The molecule has 1 aromatic heterocycles. The van der Waals surface area contributed by atoms with Crippen molar-refractivity contribution in [2.75, 3.05) is 7.05 Å². The van der Waals surface area contributed by atoms with Crippen LogP contribution in [0.1, 0.15) is 22.5 Å². The molecule has 0 aliphatic carbocycles. The molecule has 1 heterocycles. The van der Waals surface area contributed by atoms with Crippen molar-refractivity contribution in [3.8, 4) is 0 Å². The van der Waals surface area contributed by atoms with E-state index >= 15 is 0 Å². The van der Waals surface area contributed by atoms with E-state index in [9.17, 15) is 0 Å². The summed E-state index contributed by atoms with van der Waals surface area (Å²) in [7, 11) is 1.97. The van der Waals surface area contributed by atoms with Crippen molar-refractivity contribution in [2.45, 2.75) is 26.9 Å². The van der Waals surface area contributed by atoms with E-state index in [1.54, 1.807) is 0 Å². The van der Waals surface area contributed by atoms with Crippen LogP contribution < -0.4 is 5.32 Å². The minimum Gasteiger partial charge on any atom is -0.316 e. The second-order valence-electron chi connectivity index (χ2n) is 4.44. The highest BCUT2D eigenvalue weighted by Gasteiger charge is 2.02. The van der Waals surface area contributed by atoms with Crippen LogP contribution in [0.5, 0.6) is 0 Å². The maximum absolute atomic E-state index is 4.48. The summed E-state index contributed by atoms with van der Waals surface area (Å²) in [6.45, 7) is 5.88. The van der Waals surface area contributed by atoms with E-state index in [-0.39, 0.29) is 0 Å². The highest BCUT2D eigenvalue weighted by molar-refractivity contribution is 5.24. The molecule has 3 nitrogen and oxygen atoms in total. The lowest BCUT2D eigenvalue weighted by Gasteiger charge is -2.07. The lowest BCUT2D eigenvalue weighted by Crippen LogP contribution is -2.07. The Labute approximate surface area is 102 Å². The van der Waals surface area contributed by atoms with Crippen LogP contribution in [-0.2, 0) is 13.1 Å². The lowest BCUT2D eigenvalue weighted by atomic mass is 10.1. The molecule has 0 amide bonds. The zero-order valence-corrected chi connectivity index (χ0v) is 10.7. The van der Waals surface area contributed by atoms with E-state index in [0.717, 1.165) is 18.8 Å². The fraction of sp³-hybridized carbons (Fsp3) is 0.357. The van der Waals surface area contributed by atoms with Gasteiger partial charge in [0, 0.05) is 12.2 Å². The molecule has 3 heteroatoms. The van der Waals surface area contributed by atoms with Gasteiger partial charge >= 0.3 is 0 Å². The molecule has 0 aliphatic rings. The third kappa shape index (κ3) is 2.94. The summed E-state index contributed by atoms with van der Waals surface area (Å²) in [6, 6.07) is 10.7. The fourth-order valence-electron chi connectivity index (χ4n) is 2.05. The summed E-state index contributed by atoms with van der Waals surface area (Å²) in [5.41, 5.74) is 4.89. The molecule has 1 N–H and O–H groups in total. The van der Waals surface area contributed by atoms with Crippen molar-refractivity contribution in [1.29, 1.82) is 0 Å². The smallest absolute Gasteiger partial charge is 0.0662 e. The zero-order valence-electron chi connectivity index (χ0n) is 10.7. The second kappa shape index (κ2) is 5.15. The van der Waals surface area contributed by atoms with E-state index < -0.39 is 0 Å². The van der Waals surface area contributed by atoms with Gasteiger partial charge in [0.2, 0.25) is 0 Å². The first-order chi connectivity index (χ1) is 8.19. The second-order valence-corrected chi connectivity index (χ2v) is 4.44. The Bertz CT molecular complexity index is 500. The number of nitrogens with zero attached hydrogens (tertiary/aromatic N) is 2. The highest BCUT2D eigenvalue weighted by atomic mass is 15.3. The van der Waals surface area contributed by atoms with Crippen LogP contribution in [0, 0.1) is 13.8 Å². The van der Waals surface area contributed by atoms with Crippen molar-refractivity contribution in [3.63, 3.8) is 0 Å². The molecule has 0 bridgehead atoms. The molecule has 0 spiro atoms. The van der Waals surface area contributed by atoms with Crippen LogP contribution in [-0.4, -0.2) is 16.8 Å². The number of aromatic nitrogens is 2. The first-order valence-corrected chi connectivity index (χ1v) is 5.92. The van der Waals surface area contributed by atoms with Crippen LogP contribution in [0.4, 0.5) is 0 Å². The molecule has 17 heavy (non-hydrogen) atoms. The number of benzene rings is 1. The molecule has 0 unspecified atom stereocenters. The van der Waals surface area contributed by atoms with E-state index in [0.29, 0.717) is 0 Å². The highest BCUT2D eigenvalue weighted by Crippen LogP contribution is 2.09. The Morgan fingerprint density at radius 2 is 1.94 bits per heavy atom. The van der Waals surface area contributed by atoms with Gasteiger partial charge < -0.3 is 5.32 Å². The van der Waals surface area contributed by atoms with Gasteiger partial charge in [0.1, 0.15) is 0 Å². The topological polar surface area (TPSA) is 29.9 Å². The van der Waals surface area contributed by atoms with Crippen molar-refractivity contribution in [2.24, 2.45) is 0 Å². The van der Waals surface area contributed by atoms with Crippen molar-refractivity contribution in [1.82, 2.24) is 15.1 Å². The fourth-order valence-corrected chi connectivity index (χ4v) is 2.05. The normalized spacial score (nSPS) is 10.8. The Balaban J connectivity index is 2.18. The van der Waals surface area contributed by atoms with Crippen LogP contribution in [0.25, 0.3) is 0 Å². The predicted molar refractivity (Wildman–Crippen MR) is 70.0 cm³/mol. The maximum atomic E-state index is 4.48. The summed E-state index contributed by atoms with van der Waals surface area (Å²) in [5.74, 6) is 0. The largest absolute Gasteiger partial charge is 0.316 e. The Morgan fingerprint density at radius 1 is 1.18 bits per heavy atom. The predicted octanol–water partition coefficient (Wildman–Crippen LogP) is 2.27. The van der Waals surface area contributed by atoms with Crippen molar-refractivity contribution >= 4 is 0 Å². The van der Waals surface area contributed by atoms with Gasteiger partial charge in [0.05, 0.1) is 12.2 Å². The molecule has 90 valence electrons. The minimum absolute atomic E-state index is 0.844. The van der Waals surface area contributed by atoms with Gasteiger partial charge in [0.25, 0.3) is 0 Å². The summed E-state index contributed by atoms with van der Waals surface area (Å²) in [4.78, 5) is 0. The molecular weight excluding hydrogens is 210 g/mol. The Morgan fingerprint density at radius 3 is 2.59 bits per heavy atom. The average Bonchev–Trinajstić information content (AvgIpc) is 2.58. The monoisotopic (exact) mass is 229 g/mol. The molecule has 0 saturated carbocycles. The summed E-state index contributed by atoms with van der Waals surface area (Å²) < 4.78 is 2.05. The standard InChI is InChI=1S/C14H19N3/c1-11-7-12(2)17(16-11)10-14-6-4-5-13(8-14)9-15-3/h4-8,15H,9-10H2,1-3H3. The van der Waals surface area contributed by atoms with E-state index in [2.05, 4.69) is 47.7 Å². The maximum Gasteiger partial charge on any atom is 0.0662 e. The summed E-state index contributed by atoms with van der Waals surface area (Å²) in [6.07, 6.45) is 0. The van der Waals surface area contributed by atoms with Crippen molar-refractivity contribution in [3.05, 3.63) is 52.8 Å². The molecule has 0 fully saturated rings. The third-order valence-electron chi connectivity index (χ3n) is 2.81. The molecule has 0 radical (unpaired) electrons. The van der Waals surface area contributed by atoms with Gasteiger partial charge in [-0.25, -0.2) is 0 Å². The number of hydrogen-bond acceptors (Lipinski definition) is 2. The Kier molecular flexibility index (Phi) is 3.59.